The molecule has 1 aromatic heterocycles. The molecule has 21 heavy (non-hydrogen) atoms. The van der Waals surface area contributed by atoms with Crippen molar-refractivity contribution in [3.05, 3.63) is 72.4 Å². The zero-order chi connectivity index (χ0) is 14.8. The normalized spacial score (nSPS) is 10.2. The minimum absolute atomic E-state index is 0.0000502. The lowest BCUT2D eigenvalue weighted by atomic mass is 9.99. The number of nitriles is 1. The molecule has 0 radical (unpaired) electrons. The number of aliphatic hydroxyl groups is 1. The number of aromatic nitrogens is 1. The number of fused-ring (bicyclic) bond motifs is 1. The van der Waals surface area contributed by atoms with Crippen molar-refractivity contribution in [1.82, 2.24) is 4.98 Å². The summed E-state index contributed by atoms with van der Waals surface area (Å²) in [6.07, 6.45) is 1.62. The van der Waals surface area contributed by atoms with E-state index in [0.717, 1.165) is 16.3 Å². The molecular weight excluding hydrogens is 260 g/mol. The topological polar surface area (TPSA) is 56.9 Å². The predicted molar refractivity (Wildman–Crippen MR) is 83.6 cm³/mol. The summed E-state index contributed by atoms with van der Waals surface area (Å²) < 4.78 is 0. The maximum Gasteiger partial charge on any atom is 0.115 e. The fourth-order valence-corrected chi connectivity index (χ4v) is 2.32. The molecule has 0 atom stereocenters. The van der Waals surface area contributed by atoms with E-state index in [-0.39, 0.29) is 5.76 Å². The second-order valence-electron chi connectivity index (χ2n) is 4.73. The van der Waals surface area contributed by atoms with Crippen LogP contribution in [0.3, 0.4) is 0 Å². The molecule has 0 saturated carbocycles. The van der Waals surface area contributed by atoms with Crippen LogP contribution in [0.4, 0.5) is 0 Å². The minimum Gasteiger partial charge on any atom is -0.508 e. The molecule has 2 aromatic carbocycles. The third-order valence-electron chi connectivity index (χ3n) is 3.37. The molecule has 1 N–H and O–H groups in total. The van der Waals surface area contributed by atoms with Crippen LogP contribution in [0.1, 0.15) is 11.1 Å². The maximum atomic E-state index is 9.49. The first kappa shape index (κ1) is 12.9. The van der Waals surface area contributed by atoms with Crippen molar-refractivity contribution in [2.75, 3.05) is 0 Å². The van der Waals surface area contributed by atoms with Gasteiger partial charge in [-0.05, 0) is 35.0 Å². The van der Waals surface area contributed by atoms with Gasteiger partial charge in [-0.2, -0.15) is 5.26 Å². The quantitative estimate of drug-likeness (QED) is 0.707. The molecular formula is C18H12N2O. The Hall–Kier alpha value is -3.12. The first-order valence-electron chi connectivity index (χ1n) is 6.46. The lowest BCUT2D eigenvalue weighted by Gasteiger charge is -2.07. The van der Waals surface area contributed by atoms with Gasteiger partial charge in [0.1, 0.15) is 5.76 Å². The van der Waals surface area contributed by atoms with Crippen LogP contribution in [0.5, 0.6) is 0 Å². The van der Waals surface area contributed by atoms with E-state index in [1.165, 1.54) is 0 Å². The van der Waals surface area contributed by atoms with Crippen LogP contribution in [-0.2, 0) is 0 Å². The third-order valence-corrected chi connectivity index (χ3v) is 3.37. The Bertz CT molecular complexity index is 891. The number of pyridine rings is 1. The monoisotopic (exact) mass is 272 g/mol. The zero-order valence-electron chi connectivity index (χ0n) is 11.2. The summed E-state index contributed by atoms with van der Waals surface area (Å²) in [6.45, 7) is 3.52. The highest BCUT2D eigenvalue weighted by Crippen LogP contribution is 2.27. The standard InChI is InChI=1S/C18H12N2O/c1-12(21)13-6-7-20-18(10-13)15-8-14-4-2-3-5-17(14)16(9-15)11-19/h2-10,21H,1H2. The van der Waals surface area contributed by atoms with Gasteiger partial charge in [0.15, 0.2) is 0 Å². The van der Waals surface area contributed by atoms with E-state index >= 15 is 0 Å². The van der Waals surface area contributed by atoms with Crippen molar-refractivity contribution in [2.45, 2.75) is 0 Å². The maximum absolute atomic E-state index is 9.49. The molecule has 0 amide bonds. The molecule has 3 rings (SSSR count). The molecule has 0 saturated heterocycles. The van der Waals surface area contributed by atoms with Crippen molar-refractivity contribution >= 4 is 16.5 Å². The lowest BCUT2D eigenvalue weighted by molar-refractivity contribution is 0.514. The number of rotatable bonds is 2. The summed E-state index contributed by atoms with van der Waals surface area (Å²) in [4.78, 5) is 4.31. The Morgan fingerprint density at radius 1 is 1.14 bits per heavy atom. The van der Waals surface area contributed by atoms with Gasteiger partial charge in [-0.1, -0.05) is 30.8 Å². The Kier molecular flexibility index (Phi) is 3.13. The minimum atomic E-state index is -0.0000502. The number of aliphatic hydroxyl groups excluding tert-OH is 1. The number of hydrogen-bond acceptors (Lipinski definition) is 3. The van der Waals surface area contributed by atoms with Crippen molar-refractivity contribution in [3.8, 4) is 17.3 Å². The largest absolute Gasteiger partial charge is 0.508 e. The van der Waals surface area contributed by atoms with E-state index in [1.807, 2.05) is 36.4 Å². The average molecular weight is 272 g/mol. The van der Waals surface area contributed by atoms with Crippen molar-refractivity contribution in [1.29, 1.82) is 5.26 Å². The van der Waals surface area contributed by atoms with Crippen molar-refractivity contribution < 1.29 is 5.11 Å². The zero-order valence-corrected chi connectivity index (χ0v) is 11.2. The van der Waals surface area contributed by atoms with E-state index in [9.17, 15) is 10.4 Å². The second kappa shape index (κ2) is 5.10. The first-order valence-corrected chi connectivity index (χ1v) is 6.46. The Morgan fingerprint density at radius 2 is 1.95 bits per heavy atom. The molecule has 3 aromatic rings. The molecule has 100 valence electrons. The van der Waals surface area contributed by atoms with Crippen LogP contribution in [-0.4, -0.2) is 10.1 Å². The summed E-state index contributed by atoms with van der Waals surface area (Å²) in [5.41, 5.74) is 2.77. The van der Waals surface area contributed by atoms with Gasteiger partial charge in [0.2, 0.25) is 0 Å². The Balaban J connectivity index is 2.24. The smallest absolute Gasteiger partial charge is 0.115 e. The molecule has 0 bridgehead atoms. The molecule has 0 spiro atoms. The van der Waals surface area contributed by atoms with Crippen LogP contribution in [0.2, 0.25) is 0 Å². The van der Waals surface area contributed by atoms with E-state index in [2.05, 4.69) is 17.6 Å². The van der Waals surface area contributed by atoms with Crippen molar-refractivity contribution in [3.63, 3.8) is 0 Å². The van der Waals surface area contributed by atoms with Crippen molar-refractivity contribution in [2.24, 2.45) is 0 Å². The summed E-state index contributed by atoms with van der Waals surface area (Å²) in [7, 11) is 0. The summed E-state index contributed by atoms with van der Waals surface area (Å²) >= 11 is 0. The van der Waals surface area contributed by atoms with Gasteiger partial charge in [-0.15, -0.1) is 0 Å². The van der Waals surface area contributed by atoms with E-state index in [0.29, 0.717) is 16.8 Å². The van der Waals surface area contributed by atoms with Gasteiger partial charge >= 0.3 is 0 Å². The highest BCUT2D eigenvalue weighted by Gasteiger charge is 2.07. The van der Waals surface area contributed by atoms with Crippen LogP contribution in [0, 0.1) is 11.3 Å². The van der Waals surface area contributed by atoms with E-state index in [1.54, 1.807) is 18.3 Å². The van der Waals surface area contributed by atoms with Crippen LogP contribution < -0.4 is 0 Å². The summed E-state index contributed by atoms with van der Waals surface area (Å²) in [5.74, 6) is -0.0000502. The molecule has 0 fully saturated rings. The fourth-order valence-electron chi connectivity index (χ4n) is 2.32. The number of nitrogens with zero attached hydrogens (tertiary/aromatic N) is 2. The predicted octanol–water partition coefficient (Wildman–Crippen LogP) is 4.30. The Labute approximate surface area is 122 Å². The SMILES string of the molecule is C=C(O)c1ccnc(-c2cc(C#N)c3ccccc3c2)c1. The number of benzene rings is 2. The summed E-state index contributed by atoms with van der Waals surface area (Å²) in [6, 6.07) is 17.2. The molecule has 0 aliphatic rings. The number of hydrogen-bond donors (Lipinski definition) is 1. The molecule has 0 unspecified atom stereocenters. The first-order chi connectivity index (χ1) is 10.2. The third kappa shape index (κ3) is 2.35. The second-order valence-corrected chi connectivity index (χ2v) is 4.73. The highest BCUT2D eigenvalue weighted by molar-refractivity contribution is 5.92. The van der Waals surface area contributed by atoms with Gasteiger partial charge in [0, 0.05) is 17.3 Å². The summed E-state index contributed by atoms with van der Waals surface area (Å²) in [5, 5.41) is 20.7. The fraction of sp³-hybridized carbons (Fsp3) is 0. The molecule has 1 heterocycles. The van der Waals surface area contributed by atoms with E-state index in [4.69, 9.17) is 0 Å². The van der Waals surface area contributed by atoms with Gasteiger partial charge in [-0.25, -0.2) is 0 Å². The molecule has 0 aliphatic carbocycles. The highest BCUT2D eigenvalue weighted by atomic mass is 16.3. The molecule has 3 nitrogen and oxygen atoms in total. The van der Waals surface area contributed by atoms with Crippen LogP contribution in [0.25, 0.3) is 27.8 Å². The van der Waals surface area contributed by atoms with Crippen LogP contribution in [0.15, 0.2) is 61.3 Å². The molecule has 3 heteroatoms. The molecule has 0 aliphatic heterocycles. The average Bonchev–Trinajstić information content (AvgIpc) is 2.53. The van der Waals surface area contributed by atoms with E-state index < -0.39 is 0 Å². The van der Waals surface area contributed by atoms with Gasteiger partial charge < -0.3 is 5.11 Å². The van der Waals surface area contributed by atoms with Gasteiger partial charge in [0.25, 0.3) is 0 Å². The lowest BCUT2D eigenvalue weighted by Crippen LogP contribution is -1.89. The van der Waals surface area contributed by atoms with Gasteiger partial charge in [0.05, 0.1) is 17.3 Å². The Morgan fingerprint density at radius 3 is 2.71 bits per heavy atom. The van der Waals surface area contributed by atoms with Gasteiger partial charge in [-0.3, -0.25) is 4.98 Å². The van der Waals surface area contributed by atoms with Crippen LogP contribution >= 0.6 is 0 Å².